The van der Waals surface area contributed by atoms with Crippen LogP contribution in [0.3, 0.4) is 0 Å². The second-order valence-electron chi connectivity index (χ2n) is 6.39. The van der Waals surface area contributed by atoms with Crippen LogP contribution in [0, 0.1) is 37.1 Å². The summed E-state index contributed by atoms with van der Waals surface area (Å²) < 4.78 is 93.1. The third-order valence-corrected chi connectivity index (χ3v) is 4.22. The number of Topliss-reactive ketones (excluding diaryl/α,β-unsaturated/α-hetero) is 1. The van der Waals surface area contributed by atoms with Gasteiger partial charge in [-0.15, -0.1) is 0 Å². The highest BCUT2D eigenvalue weighted by Crippen LogP contribution is 2.37. The summed E-state index contributed by atoms with van der Waals surface area (Å²) in [5.41, 5.74) is -1.84. The Morgan fingerprint density at radius 3 is 1.74 bits per heavy atom. The molecule has 27 heavy (non-hydrogen) atoms. The first-order chi connectivity index (χ1) is 12.3. The number of hydrogen-bond acceptors (Lipinski definition) is 1. The quantitative estimate of drug-likeness (QED) is 0.475. The first-order valence-corrected chi connectivity index (χ1v) is 7.87. The first kappa shape index (κ1) is 20.9. The molecule has 0 fully saturated rings. The topological polar surface area (TPSA) is 17.1 Å². The SMILES string of the molecule is Cc1cc(C)cc(C(C)C(=O)Cc2c(F)c(F)c(C(F)(F)F)c(F)c2F)c1. The van der Waals surface area contributed by atoms with E-state index in [-0.39, 0.29) is 0 Å². The Bertz CT molecular complexity index is 851. The van der Waals surface area contributed by atoms with Crippen molar-refractivity contribution in [2.75, 3.05) is 0 Å². The van der Waals surface area contributed by atoms with Crippen molar-refractivity contribution in [3.05, 3.63) is 69.3 Å². The highest BCUT2D eigenvalue weighted by atomic mass is 19.4. The lowest BCUT2D eigenvalue weighted by Gasteiger charge is -2.16. The van der Waals surface area contributed by atoms with Gasteiger partial charge in [-0.05, 0) is 19.4 Å². The predicted octanol–water partition coefficient (Wildman–Crippen LogP) is 5.79. The third-order valence-electron chi connectivity index (χ3n) is 4.22. The molecule has 0 aliphatic heterocycles. The normalized spacial score (nSPS) is 13.0. The standard InChI is InChI=1S/C19H15F7O/c1-8-4-9(2)6-11(5-8)10(3)13(27)7-12-15(20)17(22)14(19(24,25)26)18(23)16(12)21/h4-6,10H,7H2,1-3H3. The van der Waals surface area contributed by atoms with Crippen LogP contribution in [0.4, 0.5) is 30.7 Å². The molecular weight excluding hydrogens is 377 g/mol. The zero-order chi connectivity index (χ0) is 20.7. The van der Waals surface area contributed by atoms with E-state index in [9.17, 15) is 35.5 Å². The Morgan fingerprint density at radius 2 is 1.33 bits per heavy atom. The van der Waals surface area contributed by atoms with Crippen molar-refractivity contribution in [3.63, 3.8) is 0 Å². The average Bonchev–Trinajstić information content (AvgIpc) is 2.54. The maximum Gasteiger partial charge on any atom is 0.422 e. The molecule has 2 rings (SSSR count). The van der Waals surface area contributed by atoms with Crippen LogP contribution < -0.4 is 0 Å². The number of hydrogen-bond donors (Lipinski definition) is 0. The Labute approximate surface area is 150 Å². The molecule has 0 aliphatic rings. The van der Waals surface area contributed by atoms with Gasteiger partial charge in [0.25, 0.3) is 0 Å². The number of halogens is 7. The molecular formula is C19H15F7O. The minimum absolute atomic E-state index is 0.520. The van der Waals surface area contributed by atoms with Crippen LogP contribution >= 0.6 is 0 Å². The maximum absolute atomic E-state index is 14.0. The van der Waals surface area contributed by atoms with Gasteiger partial charge in [0.05, 0.1) is 0 Å². The molecule has 8 heteroatoms. The Hall–Kier alpha value is -2.38. The van der Waals surface area contributed by atoms with Crippen molar-refractivity contribution in [2.45, 2.75) is 39.3 Å². The molecule has 0 amide bonds. The van der Waals surface area contributed by atoms with Crippen LogP contribution in [-0.4, -0.2) is 5.78 Å². The van der Waals surface area contributed by atoms with Crippen molar-refractivity contribution in [3.8, 4) is 0 Å². The molecule has 0 heterocycles. The molecule has 1 atom stereocenters. The maximum atomic E-state index is 14.0. The Morgan fingerprint density at radius 1 is 0.889 bits per heavy atom. The van der Waals surface area contributed by atoms with E-state index in [1.807, 2.05) is 6.07 Å². The molecule has 0 spiro atoms. The summed E-state index contributed by atoms with van der Waals surface area (Å²) in [7, 11) is 0. The first-order valence-electron chi connectivity index (χ1n) is 7.87. The fourth-order valence-electron chi connectivity index (χ4n) is 2.85. The van der Waals surface area contributed by atoms with Gasteiger partial charge in [-0.2, -0.15) is 13.2 Å². The van der Waals surface area contributed by atoms with E-state index in [1.54, 1.807) is 26.0 Å². The van der Waals surface area contributed by atoms with Crippen LogP contribution in [0.5, 0.6) is 0 Å². The molecule has 2 aromatic carbocycles. The monoisotopic (exact) mass is 392 g/mol. The molecule has 146 valence electrons. The molecule has 0 saturated carbocycles. The van der Waals surface area contributed by atoms with E-state index in [1.165, 1.54) is 6.92 Å². The molecule has 1 nitrogen and oxygen atoms in total. The van der Waals surface area contributed by atoms with Crippen LogP contribution in [0.25, 0.3) is 0 Å². The van der Waals surface area contributed by atoms with E-state index in [4.69, 9.17) is 0 Å². The number of carbonyl (C=O) groups is 1. The smallest absolute Gasteiger partial charge is 0.299 e. The minimum Gasteiger partial charge on any atom is -0.299 e. The fraction of sp³-hybridized carbons (Fsp3) is 0.316. The molecule has 0 saturated heterocycles. The van der Waals surface area contributed by atoms with Crippen LogP contribution in [0.1, 0.15) is 40.7 Å². The lowest BCUT2D eigenvalue weighted by Crippen LogP contribution is -2.20. The van der Waals surface area contributed by atoms with Gasteiger partial charge in [0.2, 0.25) is 0 Å². The zero-order valence-corrected chi connectivity index (χ0v) is 14.6. The van der Waals surface area contributed by atoms with Gasteiger partial charge >= 0.3 is 6.18 Å². The van der Waals surface area contributed by atoms with Gasteiger partial charge in [0.15, 0.2) is 23.3 Å². The summed E-state index contributed by atoms with van der Waals surface area (Å²) >= 11 is 0. The van der Waals surface area contributed by atoms with E-state index in [2.05, 4.69) is 0 Å². The van der Waals surface area contributed by atoms with Crippen molar-refractivity contribution in [1.82, 2.24) is 0 Å². The number of carbonyl (C=O) groups excluding carboxylic acids is 1. The summed E-state index contributed by atoms with van der Waals surface area (Å²) in [6, 6.07) is 5.16. The molecule has 0 radical (unpaired) electrons. The highest BCUT2D eigenvalue weighted by molar-refractivity contribution is 5.87. The van der Waals surface area contributed by atoms with E-state index in [0.717, 1.165) is 11.1 Å². The summed E-state index contributed by atoms with van der Waals surface area (Å²) in [5.74, 6) is -11.2. The molecule has 0 bridgehead atoms. The second-order valence-corrected chi connectivity index (χ2v) is 6.39. The molecule has 0 aromatic heterocycles. The average molecular weight is 392 g/mol. The van der Waals surface area contributed by atoms with Gasteiger partial charge in [0, 0.05) is 17.9 Å². The van der Waals surface area contributed by atoms with Gasteiger partial charge in [-0.1, -0.05) is 36.2 Å². The van der Waals surface area contributed by atoms with Crippen molar-refractivity contribution in [2.24, 2.45) is 0 Å². The third kappa shape index (κ3) is 4.14. The van der Waals surface area contributed by atoms with Gasteiger partial charge < -0.3 is 0 Å². The fourth-order valence-corrected chi connectivity index (χ4v) is 2.85. The lowest BCUT2D eigenvalue weighted by molar-refractivity contribution is -0.143. The summed E-state index contributed by atoms with van der Waals surface area (Å²) in [6.07, 6.45) is -6.71. The number of aryl methyl sites for hydroxylation is 2. The van der Waals surface area contributed by atoms with Crippen molar-refractivity contribution in [1.29, 1.82) is 0 Å². The minimum atomic E-state index is -5.62. The molecule has 1 unspecified atom stereocenters. The van der Waals surface area contributed by atoms with Crippen LogP contribution in [0.2, 0.25) is 0 Å². The number of benzene rings is 2. The van der Waals surface area contributed by atoms with Gasteiger partial charge in [0.1, 0.15) is 11.3 Å². The number of ketones is 1. The number of rotatable bonds is 4. The molecule has 0 aliphatic carbocycles. The summed E-state index contributed by atoms with van der Waals surface area (Å²) in [6.45, 7) is 4.98. The van der Waals surface area contributed by atoms with E-state index < -0.39 is 58.7 Å². The summed E-state index contributed by atoms with van der Waals surface area (Å²) in [5, 5.41) is 0. The predicted molar refractivity (Wildman–Crippen MR) is 84.3 cm³/mol. The van der Waals surface area contributed by atoms with Crippen LogP contribution in [0.15, 0.2) is 18.2 Å². The number of alkyl halides is 3. The largest absolute Gasteiger partial charge is 0.422 e. The van der Waals surface area contributed by atoms with Crippen molar-refractivity contribution < 1.29 is 35.5 Å². The Kier molecular flexibility index (Phi) is 5.68. The van der Waals surface area contributed by atoms with Crippen molar-refractivity contribution >= 4 is 5.78 Å². The lowest BCUT2D eigenvalue weighted by atomic mass is 9.90. The zero-order valence-electron chi connectivity index (χ0n) is 14.6. The van der Waals surface area contributed by atoms with E-state index in [0.29, 0.717) is 5.56 Å². The molecule has 2 aromatic rings. The highest BCUT2D eigenvalue weighted by Gasteiger charge is 2.42. The summed E-state index contributed by atoms with van der Waals surface area (Å²) in [4.78, 5) is 12.3. The molecule has 0 N–H and O–H groups in total. The van der Waals surface area contributed by atoms with E-state index >= 15 is 0 Å². The van der Waals surface area contributed by atoms with Gasteiger partial charge in [-0.3, -0.25) is 4.79 Å². The van der Waals surface area contributed by atoms with Crippen LogP contribution in [-0.2, 0) is 17.4 Å². The second kappa shape index (κ2) is 7.32. The van der Waals surface area contributed by atoms with Gasteiger partial charge in [-0.25, -0.2) is 17.6 Å². The Balaban J connectivity index is 2.44.